The Kier molecular flexibility index (Phi) is 3.15. The molecule has 3 rings (SSSR count). The van der Waals surface area contributed by atoms with Crippen molar-refractivity contribution in [2.45, 2.75) is 5.54 Å². The lowest BCUT2D eigenvalue weighted by Crippen LogP contribution is -2.53. The minimum absolute atomic E-state index is 0.0156. The van der Waals surface area contributed by atoms with Gasteiger partial charge in [-0.2, -0.15) is 0 Å². The van der Waals surface area contributed by atoms with Gasteiger partial charge in [-0.25, -0.2) is 0 Å². The van der Waals surface area contributed by atoms with Crippen molar-refractivity contribution >= 4 is 29.4 Å². The van der Waals surface area contributed by atoms with Crippen molar-refractivity contribution < 1.29 is 28.8 Å². The number of ether oxygens (including phenoxy) is 1. The number of nitrogens with zero attached hydrogens (tertiary/aromatic N) is 2. The molecule has 2 unspecified atom stereocenters. The van der Waals surface area contributed by atoms with Crippen molar-refractivity contribution in [3.63, 3.8) is 0 Å². The van der Waals surface area contributed by atoms with Gasteiger partial charge in [-0.1, -0.05) is 0 Å². The quantitative estimate of drug-likeness (QED) is 0.249. The van der Waals surface area contributed by atoms with Crippen LogP contribution in [0.4, 0.5) is 5.69 Å². The Hall–Kier alpha value is -3.30. The third-order valence-electron chi connectivity index (χ3n) is 4.39. The van der Waals surface area contributed by atoms with Crippen LogP contribution in [0, 0.1) is 16.0 Å². The van der Waals surface area contributed by atoms with Crippen molar-refractivity contribution in [1.82, 2.24) is 10.2 Å². The Balaban J connectivity index is 2.34. The summed E-state index contributed by atoms with van der Waals surface area (Å²) >= 11 is 0. The molecule has 1 saturated heterocycles. The second-order valence-corrected chi connectivity index (χ2v) is 5.39. The van der Waals surface area contributed by atoms with Gasteiger partial charge in [0, 0.05) is 30.3 Å². The molecule has 0 aliphatic carbocycles. The Labute approximate surface area is 134 Å². The zero-order chi connectivity index (χ0) is 17.8. The molecule has 10 nitrogen and oxygen atoms in total. The molecule has 1 fully saturated rings. The van der Waals surface area contributed by atoms with Gasteiger partial charge in [0.15, 0.2) is 11.5 Å². The van der Waals surface area contributed by atoms with Crippen LogP contribution < -0.4 is 5.32 Å². The van der Waals surface area contributed by atoms with E-state index in [1.54, 1.807) is 0 Å². The maximum absolute atomic E-state index is 12.5. The highest BCUT2D eigenvalue weighted by molar-refractivity contribution is 6.22. The number of non-ortho nitro benzene ring substituents is 1. The van der Waals surface area contributed by atoms with E-state index in [2.05, 4.69) is 4.74 Å². The first-order valence-corrected chi connectivity index (χ1v) is 6.77. The van der Waals surface area contributed by atoms with Crippen LogP contribution in [0.2, 0.25) is 0 Å². The SMILES string of the molecule is COC(=O)C1C(=O)NC(=O)C12c1cc([N+](=O)[O-])ccc1C(=O)N2C. The minimum atomic E-state index is -2.00. The van der Waals surface area contributed by atoms with Crippen molar-refractivity contribution in [3.05, 3.63) is 39.4 Å². The Bertz CT molecular complexity index is 834. The number of fused-ring (bicyclic) bond motifs is 2. The van der Waals surface area contributed by atoms with Crippen LogP contribution in [-0.2, 0) is 24.7 Å². The van der Waals surface area contributed by atoms with Crippen LogP contribution in [0.5, 0.6) is 0 Å². The highest BCUT2D eigenvalue weighted by Gasteiger charge is 2.68. The van der Waals surface area contributed by atoms with Gasteiger partial charge < -0.3 is 9.64 Å². The van der Waals surface area contributed by atoms with Crippen molar-refractivity contribution in [1.29, 1.82) is 0 Å². The summed E-state index contributed by atoms with van der Waals surface area (Å²) in [5, 5.41) is 13.0. The smallest absolute Gasteiger partial charge is 0.321 e. The Morgan fingerprint density at radius 1 is 1.38 bits per heavy atom. The van der Waals surface area contributed by atoms with E-state index >= 15 is 0 Å². The van der Waals surface area contributed by atoms with E-state index in [0.717, 1.165) is 24.1 Å². The molecule has 2 aliphatic heterocycles. The summed E-state index contributed by atoms with van der Waals surface area (Å²) in [5.74, 6) is -5.12. The number of hydrogen-bond donors (Lipinski definition) is 1. The van der Waals surface area contributed by atoms with E-state index in [0.29, 0.717) is 0 Å². The lowest BCUT2D eigenvalue weighted by atomic mass is 9.79. The van der Waals surface area contributed by atoms with Crippen molar-refractivity contribution in [2.24, 2.45) is 5.92 Å². The lowest BCUT2D eigenvalue weighted by Gasteiger charge is -2.32. The normalized spacial score (nSPS) is 25.0. The van der Waals surface area contributed by atoms with Crippen LogP contribution in [0.25, 0.3) is 0 Å². The van der Waals surface area contributed by atoms with E-state index in [9.17, 15) is 29.3 Å². The molecular formula is C14H11N3O7. The number of nitro benzene ring substituents is 1. The van der Waals surface area contributed by atoms with E-state index in [1.807, 2.05) is 5.32 Å². The molecule has 0 saturated carbocycles. The molecule has 10 heteroatoms. The molecule has 2 aliphatic rings. The molecule has 1 aromatic rings. The van der Waals surface area contributed by atoms with Crippen LogP contribution in [0.3, 0.4) is 0 Å². The van der Waals surface area contributed by atoms with Crippen LogP contribution in [0.15, 0.2) is 18.2 Å². The molecule has 1 aromatic carbocycles. The van der Waals surface area contributed by atoms with Crippen LogP contribution in [-0.4, -0.2) is 47.7 Å². The standard InChI is InChI=1S/C14H11N3O7/c1-16-11(19)7-4-3-6(17(22)23)5-8(7)14(16)9(12(20)24-2)10(18)15-13(14)21/h3-5,9H,1-2H3,(H,15,18,21). The fourth-order valence-corrected chi connectivity index (χ4v) is 3.29. The first kappa shape index (κ1) is 15.6. The number of benzene rings is 1. The molecule has 2 heterocycles. The molecule has 124 valence electrons. The number of nitro groups is 1. The second kappa shape index (κ2) is 4.85. The highest BCUT2D eigenvalue weighted by atomic mass is 16.6. The summed E-state index contributed by atoms with van der Waals surface area (Å²) in [6, 6.07) is 3.35. The first-order chi connectivity index (χ1) is 11.3. The minimum Gasteiger partial charge on any atom is -0.468 e. The number of methoxy groups -OCH3 is 1. The van der Waals surface area contributed by atoms with Gasteiger partial charge in [-0.15, -0.1) is 0 Å². The largest absolute Gasteiger partial charge is 0.468 e. The molecule has 2 atom stereocenters. The van der Waals surface area contributed by atoms with E-state index in [1.165, 1.54) is 13.1 Å². The fraction of sp³-hybridized carbons (Fsp3) is 0.286. The molecule has 1 spiro atoms. The molecule has 0 aromatic heterocycles. The van der Waals surface area contributed by atoms with E-state index < -0.39 is 40.1 Å². The highest BCUT2D eigenvalue weighted by Crippen LogP contribution is 2.48. The number of nitrogens with one attached hydrogen (secondary N) is 1. The summed E-state index contributed by atoms with van der Waals surface area (Å²) in [6.07, 6.45) is 0. The van der Waals surface area contributed by atoms with Gasteiger partial charge in [0.25, 0.3) is 17.5 Å². The maximum Gasteiger partial charge on any atom is 0.321 e. The van der Waals surface area contributed by atoms with Crippen molar-refractivity contribution in [3.8, 4) is 0 Å². The number of imide groups is 1. The van der Waals surface area contributed by atoms with Gasteiger partial charge in [-0.3, -0.25) is 34.6 Å². The average Bonchev–Trinajstić information content (AvgIpc) is 2.94. The van der Waals surface area contributed by atoms with Gasteiger partial charge in [0.1, 0.15) is 0 Å². The van der Waals surface area contributed by atoms with E-state index in [-0.39, 0.29) is 16.8 Å². The Morgan fingerprint density at radius 3 is 2.62 bits per heavy atom. The predicted molar refractivity (Wildman–Crippen MR) is 75.5 cm³/mol. The number of rotatable bonds is 2. The lowest BCUT2D eigenvalue weighted by molar-refractivity contribution is -0.385. The molecular weight excluding hydrogens is 322 g/mol. The molecule has 0 bridgehead atoms. The van der Waals surface area contributed by atoms with Crippen molar-refractivity contribution in [2.75, 3.05) is 14.2 Å². The number of amides is 3. The third kappa shape index (κ3) is 1.64. The number of likely N-dealkylation sites (N-methyl/N-ethyl adjacent to an activating group) is 1. The third-order valence-corrected chi connectivity index (χ3v) is 4.39. The number of carbonyl (C=O) groups is 4. The predicted octanol–water partition coefficient (Wildman–Crippen LogP) is -0.679. The second-order valence-electron chi connectivity index (χ2n) is 5.39. The summed E-state index contributed by atoms with van der Waals surface area (Å²) in [7, 11) is 2.29. The number of hydrogen-bond acceptors (Lipinski definition) is 7. The molecule has 1 N–H and O–H groups in total. The molecule has 24 heavy (non-hydrogen) atoms. The maximum atomic E-state index is 12.5. The molecule has 0 radical (unpaired) electrons. The first-order valence-electron chi connectivity index (χ1n) is 6.77. The zero-order valence-corrected chi connectivity index (χ0v) is 12.6. The summed E-state index contributed by atoms with van der Waals surface area (Å²) in [6.45, 7) is 0. The van der Waals surface area contributed by atoms with Gasteiger partial charge >= 0.3 is 5.97 Å². The van der Waals surface area contributed by atoms with Crippen LogP contribution >= 0.6 is 0 Å². The number of esters is 1. The number of carbonyl (C=O) groups excluding carboxylic acids is 4. The summed E-state index contributed by atoms with van der Waals surface area (Å²) < 4.78 is 4.59. The Morgan fingerprint density at radius 2 is 2.04 bits per heavy atom. The zero-order valence-electron chi connectivity index (χ0n) is 12.6. The summed E-state index contributed by atoms with van der Waals surface area (Å²) in [5.41, 5.74) is -2.42. The van der Waals surface area contributed by atoms with Gasteiger partial charge in [-0.05, 0) is 6.07 Å². The topological polar surface area (TPSA) is 136 Å². The van der Waals surface area contributed by atoms with Gasteiger partial charge in [0.05, 0.1) is 12.0 Å². The van der Waals surface area contributed by atoms with Crippen LogP contribution in [0.1, 0.15) is 15.9 Å². The van der Waals surface area contributed by atoms with Gasteiger partial charge in [0.2, 0.25) is 5.91 Å². The van der Waals surface area contributed by atoms with E-state index in [4.69, 9.17) is 0 Å². The monoisotopic (exact) mass is 333 g/mol. The molecule has 3 amide bonds. The fourth-order valence-electron chi connectivity index (χ4n) is 3.29. The average molecular weight is 333 g/mol. The summed E-state index contributed by atoms with van der Waals surface area (Å²) in [4.78, 5) is 60.5.